The predicted octanol–water partition coefficient (Wildman–Crippen LogP) is 2.24. The molecule has 0 aliphatic carbocycles. The van der Waals surface area contributed by atoms with Crippen LogP contribution in [0.2, 0.25) is 0 Å². The van der Waals surface area contributed by atoms with Gasteiger partial charge in [-0.05, 0) is 25.5 Å². The number of nitrogens with zero attached hydrogens (tertiary/aromatic N) is 5. The topological polar surface area (TPSA) is 89.7 Å². The Kier molecular flexibility index (Phi) is 5.31. The van der Waals surface area contributed by atoms with Gasteiger partial charge in [-0.1, -0.05) is 25.1 Å². The van der Waals surface area contributed by atoms with Crippen LogP contribution in [-0.4, -0.2) is 37.1 Å². The third-order valence-electron chi connectivity index (χ3n) is 4.23. The molecule has 136 valence electrons. The van der Waals surface area contributed by atoms with E-state index in [0.717, 1.165) is 29.2 Å². The van der Waals surface area contributed by atoms with Crippen LogP contribution in [0.25, 0.3) is 5.69 Å². The molecule has 8 heteroatoms. The third-order valence-corrected chi connectivity index (χ3v) is 4.23. The van der Waals surface area contributed by atoms with Gasteiger partial charge in [0.2, 0.25) is 0 Å². The van der Waals surface area contributed by atoms with E-state index >= 15 is 0 Å². The van der Waals surface area contributed by atoms with Crippen LogP contribution in [0, 0.1) is 6.92 Å². The van der Waals surface area contributed by atoms with Crippen molar-refractivity contribution in [2.24, 2.45) is 7.05 Å². The molecule has 1 aromatic carbocycles. The molecule has 2 heterocycles. The summed E-state index contributed by atoms with van der Waals surface area (Å²) in [5.41, 5.74) is 2.84. The molecule has 0 bridgehead atoms. The van der Waals surface area contributed by atoms with Crippen molar-refractivity contribution in [3.63, 3.8) is 0 Å². The van der Waals surface area contributed by atoms with Crippen LogP contribution in [0.5, 0.6) is 0 Å². The van der Waals surface area contributed by atoms with Crippen LogP contribution >= 0.6 is 0 Å². The summed E-state index contributed by atoms with van der Waals surface area (Å²) in [6.07, 6.45) is 2.92. The summed E-state index contributed by atoms with van der Waals surface area (Å²) in [6.45, 7) is 4.49. The van der Waals surface area contributed by atoms with Gasteiger partial charge in [-0.25, -0.2) is 14.5 Å². The Bertz CT molecular complexity index is 882. The molecule has 26 heavy (non-hydrogen) atoms. The first-order valence-corrected chi connectivity index (χ1v) is 8.61. The highest BCUT2D eigenvalue weighted by Crippen LogP contribution is 2.23. The highest BCUT2D eigenvalue weighted by Gasteiger charge is 2.16. The minimum absolute atomic E-state index is 0.269. The van der Waals surface area contributed by atoms with Gasteiger partial charge in [0.15, 0.2) is 0 Å². The molecule has 2 aromatic heterocycles. The molecule has 0 saturated heterocycles. The average Bonchev–Trinajstić information content (AvgIpc) is 3.19. The first-order chi connectivity index (χ1) is 12.6. The van der Waals surface area contributed by atoms with E-state index in [2.05, 4.69) is 32.7 Å². The van der Waals surface area contributed by atoms with Crippen LogP contribution in [0.1, 0.15) is 24.0 Å². The predicted molar refractivity (Wildman–Crippen MR) is 99.4 cm³/mol. The van der Waals surface area contributed by atoms with Gasteiger partial charge in [-0.2, -0.15) is 10.2 Å². The number of para-hydroxylation sites is 1. The number of amides is 2. The van der Waals surface area contributed by atoms with Crippen molar-refractivity contribution in [1.82, 2.24) is 29.9 Å². The Labute approximate surface area is 152 Å². The molecule has 3 aromatic rings. The van der Waals surface area contributed by atoms with Crippen molar-refractivity contribution in [1.29, 1.82) is 0 Å². The van der Waals surface area contributed by atoms with E-state index in [9.17, 15) is 4.79 Å². The minimum atomic E-state index is -0.269. The lowest BCUT2D eigenvalue weighted by atomic mass is 10.2. The van der Waals surface area contributed by atoms with Crippen LogP contribution in [0.15, 0.2) is 36.7 Å². The summed E-state index contributed by atoms with van der Waals surface area (Å²) in [5, 5.41) is 14.4. The molecule has 0 radical (unpaired) electrons. The fourth-order valence-electron chi connectivity index (χ4n) is 2.77. The van der Waals surface area contributed by atoms with Crippen molar-refractivity contribution in [2.45, 2.75) is 26.7 Å². The molecule has 0 atom stereocenters. The zero-order valence-corrected chi connectivity index (χ0v) is 15.2. The highest BCUT2D eigenvalue weighted by atomic mass is 16.2. The van der Waals surface area contributed by atoms with E-state index in [-0.39, 0.29) is 6.03 Å². The quantitative estimate of drug-likeness (QED) is 0.711. The van der Waals surface area contributed by atoms with E-state index in [1.54, 1.807) is 9.36 Å². The fraction of sp³-hybridized carbons (Fsp3) is 0.333. The summed E-state index contributed by atoms with van der Waals surface area (Å²) in [4.78, 5) is 16.5. The van der Waals surface area contributed by atoms with Gasteiger partial charge in [-0.3, -0.25) is 10.00 Å². The van der Waals surface area contributed by atoms with E-state index in [1.165, 1.54) is 6.33 Å². The minimum Gasteiger partial charge on any atom is -0.337 e. The summed E-state index contributed by atoms with van der Waals surface area (Å²) in [6, 6.07) is 9.50. The summed E-state index contributed by atoms with van der Waals surface area (Å²) < 4.78 is 3.47. The molecular formula is C18H23N7O. The van der Waals surface area contributed by atoms with Gasteiger partial charge < -0.3 is 5.32 Å². The van der Waals surface area contributed by atoms with Crippen molar-refractivity contribution in [2.75, 3.05) is 11.9 Å². The van der Waals surface area contributed by atoms with Crippen LogP contribution in [0.4, 0.5) is 10.6 Å². The zero-order valence-electron chi connectivity index (χ0n) is 15.2. The number of hydrogen-bond donors (Lipinski definition) is 2. The smallest absolute Gasteiger partial charge is 0.320 e. The van der Waals surface area contributed by atoms with Crippen LogP contribution < -0.4 is 10.6 Å². The van der Waals surface area contributed by atoms with Crippen molar-refractivity contribution >= 4 is 11.8 Å². The first kappa shape index (κ1) is 17.7. The molecule has 8 nitrogen and oxygen atoms in total. The number of rotatable bonds is 6. The number of urea groups is 1. The molecular weight excluding hydrogens is 330 g/mol. The SMILES string of the molecule is CCc1nn(-c2ccccc2)c(NC(=O)NCCc2ncnn2C)c1C. The van der Waals surface area contributed by atoms with E-state index in [0.29, 0.717) is 18.8 Å². The fourth-order valence-corrected chi connectivity index (χ4v) is 2.77. The Morgan fingerprint density at radius 3 is 2.65 bits per heavy atom. The van der Waals surface area contributed by atoms with E-state index < -0.39 is 0 Å². The maximum atomic E-state index is 12.4. The summed E-state index contributed by atoms with van der Waals surface area (Å²) in [5.74, 6) is 1.51. The lowest BCUT2D eigenvalue weighted by molar-refractivity contribution is 0.252. The molecule has 0 fully saturated rings. The van der Waals surface area contributed by atoms with Gasteiger partial charge in [0.25, 0.3) is 0 Å². The second-order valence-electron chi connectivity index (χ2n) is 5.95. The Balaban J connectivity index is 1.71. The van der Waals surface area contributed by atoms with Gasteiger partial charge in [0.05, 0.1) is 11.4 Å². The normalized spacial score (nSPS) is 10.7. The van der Waals surface area contributed by atoms with Gasteiger partial charge >= 0.3 is 6.03 Å². The van der Waals surface area contributed by atoms with Gasteiger partial charge in [0.1, 0.15) is 18.0 Å². The van der Waals surface area contributed by atoms with Crippen molar-refractivity contribution in [3.05, 3.63) is 53.7 Å². The largest absolute Gasteiger partial charge is 0.337 e. The zero-order chi connectivity index (χ0) is 18.5. The van der Waals surface area contributed by atoms with Crippen LogP contribution in [0.3, 0.4) is 0 Å². The Morgan fingerprint density at radius 2 is 2.00 bits per heavy atom. The maximum Gasteiger partial charge on any atom is 0.320 e. The number of nitrogens with one attached hydrogen (secondary N) is 2. The number of aromatic nitrogens is 5. The summed E-state index contributed by atoms with van der Waals surface area (Å²) in [7, 11) is 1.83. The second kappa shape index (κ2) is 7.81. The van der Waals surface area contributed by atoms with Gasteiger partial charge in [0, 0.05) is 25.6 Å². The van der Waals surface area contributed by atoms with E-state index in [4.69, 9.17) is 0 Å². The standard InChI is InChI=1S/C18H23N7O/c1-4-15-13(2)17(25(23-15)14-8-6-5-7-9-14)22-18(26)19-11-10-16-20-12-21-24(16)3/h5-9,12H,4,10-11H2,1-3H3,(H2,19,22,26). The first-order valence-electron chi connectivity index (χ1n) is 8.61. The number of hydrogen-bond acceptors (Lipinski definition) is 4. The number of aryl methyl sites for hydroxylation is 2. The van der Waals surface area contributed by atoms with E-state index in [1.807, 2.05) is 44.3 Å². The summed E-state index contributed by atoms with van der Waals surface area (Å²) >= 11 is 0. The lowest BCUT2D eigenvalue weighted by Gasteiger charge is -2.11. The Morgan fingerprint density at radius 1 is 1.23 bits per heavy atom. The second-order valence-corrected chi connectivity index (χ2v) is 5.95. The van der Waals surface area contributed by atoms with Crippen molar-refractivity contribution < 1.29 is 4.79 Å². The Hall–Kier alpha value is -3.16. The number of anilines is 1. The lowest BCUT2D eigenvalue weighted by Crippen LogP contribution is -2.32. The highest BCUT2D eigenvalue weighted by molar-refractivity contribution is 5.89. The van der Waals surface area contributed by atoms with Crippen LogP contribution in [-0.2, 0) is 19.9 Å². The molecule has 2 N–H and O–H groups in total. The number of benzene rings is 1. The molecule has 0 unspecified atom stereocenters. The average molecular weight is 353 g/mol. The monoisotopic (exact) mass is 353 g/mol. The molecule has 0 aliphatic rings. The van der Waals surface area contributed by atoms with Gasteiger partial charge in [-0.15, -0.1) is 0 Å². The molecule has 0 saturated carbocycles. The molecule has 2 amide bonds. The third kappa shape index (κ3) is 3.74. The van der Waals surface area contributed by atoms with Crippen molar-refractivity contribution in [3.8, 4) is 5.69 Å². The maximum absolute atomic E-state index is 12.4. The number of carbonyl (C=O) groups is 1. The molecule has 3 rings (SSSR count). The molecule has 0 spiro atoms. The molecule has 0 aliphatic heterocycles. The number of carbonyl (C=O) groups excluding carboxylic acids is 1.